The Hall–Kier alpha value is -0.0400. The maximum Gasteiger partial charge on any atom is 0.000906 e. The molecule has 0 radical (unpaired) electrons. The minimum atomic E-state index is 0.818. The van der Waals surface area contributed by atoms with Crippen LogP contribution < -0.4 is 0 Å². The van der Waals surface area contributed by atoms with Crippen molar-refractivity contribution in [2.24, 2.45) is 17.8 Å². The number of hydrogen-bond acceptors (Lipinski definition) is 1. The van der Waals surface area contributed by atoms with Gasteiger partial charge in [0.2, 0.25) is 0 Å². The molecule has 0 spiro atoms. The summed E-state index contributed by atoms with van der Waals surface area (Å²) in [5, 5.41) is 0. The molecule has 1 nitrogen and oxygen atoms in total. The fourth-order valence-corrected chi connectivity index (χ4v) is 2.64. The Kier molecular flexibility index (Phi) is 9.91. The predicted molar refractivity (Wildman–Crippen MR) is 79.4 cm³/mol. The summed E-state index contributed by atoms with van der Waals surface area (Å²) < 4.78 is 0. The summed E-state index contributed by atoms with van der Waals surface area (Å²) in [6, 6.07) is 0. The lowest BCUT2D eigenvalue weighted by Gasteiger charge is -2.28. The molecular formula is C16H35N. The Bertz CT molecular complexity index is 165. The van der Waals surface area contributed by atoms with Crippen LogP contribution in [0.5, 0.6) is 0 Å². The second kappa shape index (κ2) is 9.94. The van der Waals surface area contributed by atoms with E-state index in [-0.39, 0.29) is 0 Å². The summed E-state index contributed by atoms with van der Waals surface area (Å²) in [7, 11) is 2.31. The maximum absolute atomic E-state index is 2.57. The molecule has 2 unspecified atom stereocenters. The summed E-state index contributed by atoms with van der Waals surface area (Å²) in [4.78, 5) is 2.57. The molecule has 0 aromatic heterocycles. The smallest absolute Gasteiger partial charge is 0.000906 e. The average molecular weight is 241 g/mol. The van der Waals surface area contributed by atoms with Gasteiger partial charge in [-0.25, -0.2) is 0 Å². The summed E-state index contributed by atoms with van der Waals surface area (Å²) in [6.07, 6.45) is 6.80. The van der Waals surface area contributed by atoms with E-state index in [1.54, 1.807) is 0 Å². The molecule has 0 heterocycles. The Morgan fingerprint density at radius 3 is 2.00 bits per heavy atom. The van der Waals surface area contributed by atoms with Crippen LogP contribution in [0.15, 0.2) is 0 Å². The van der Waals surface area contributed by atoms with Crippen molar-refractivity contribution in [1.82, 2.24) is 4.90 Å². The van der Waals surface area contributed by atoms with Crippen LogP contribution in [0.3, 0.4) is 0 Å². The topological polar surface area (TPSA) is 3.24 Å². The van der Waals surface area contributed by atoms with E-state index in [1.165, 1.54) is 45.2 Å². The molecule has 0 N–H and O–H groups in total. The Balaban J connectivity index is 3.99. The first-order valence-corrected chi connectivity index (χ1v) is 7.73. The minimum Gasteiger partial charge on any atom is -0.306 e. The molecule has 17 heavy (non-hydrogen) atoms. The van der Waals surface area contributed by atoms with E-state index in [1.807, 2.05) is 0 Å². The highest BCUT2D eigenvalue weighted by Gasteiger charge is 2.15. The van der Waals surface area contributed by atoms with E-state index in [2.05, 4.69) is 46.6 Å². The molecule has 0 aromatic carbocycles. The van der Waals surface area contributed by atoms with E-state index in [0.717, 1.165) is 17.8 Å². The molecule has 0 aromatic rings. The third-order valence-electron chi connectivity index (χ3n) is 4.13. The maximum atomic E-state index is 2.57. The summed E-state index contributed by atoms with van der Waals surface area (Å²) in [5.41, 5.74) is 0. The Morgan fingerprint density at radius 1 is 0.941 bits per heavy atom. The lowest BCUT2D eigenvalue weighted by Crippen LogP contribution is -2.32. The van der Waals surface area contributed by atoms with Gasteiger partial charge in [-0.3, -0.25) is 0 Å². The van der Waals surface area contributed by atoms with Crippen molar-refractivity contribution in [3.8, 4) is 0 Å². The van der Waals surface area contributed by atoms with Gasteiger partial charge in [-0.05, 0) is 31.2 Å². The molecule has 0 rings (SSSR count). The van der Waals surface area contributed by atoms with Gasteiger partial charge in [-0.15, -0.1) is 0 Å². The lowest BCUT2D eigenvalue weighted by molar-refractivity contribution is 0.197. The highest BCUT2D eigenvalue weighted by atomic mass is 15.1. The van der Waals surface area contributed by atoms with Crippen LogP contribution in [0.4, 0.5) is 0 Å². The summed E-state index contributed by atoms with van der Waals surface area (Å²) in [6.45, 7) is 14.2. The van der Waals surface area contributed by atoms with E-state index in [4.69, 9.17) is 0 Å². The number of rotatable bonds is 10. The second-order valence-electron chi connectivity index (χ2n) is 6.05. The highest BCUT2D eigenvalue weighted by Crippen LogP contribution is 2.18. The van der Waals surface area contributed by atoms with Crippen LogP contribution in [-0.2, 0) is 0 Å². The zero-order valence-electron chi connectivity index (χ0n) is 13.1. The molecule has 0 aliphatic heterocycles. The van der Waals surface area contributed by atoms with Gasteiger partial charge in [-0.1, -0.05) is 60.3 Å². The predicted octanol–water partition coefficient (Wildman–Crippen LogP) is 4.82. The lowest BCUT2D eigenvalue weighted by atomic mass is 9.92. The van der Waals surface area contributed by atoms with Gasteiger partial charge in [0, 0.05) is 13.1 Å². The van der Waals surface area contributed by atoms with Crippen LogP contribution >= 0.6 is 0 Å². The van der Waals surface area contributed by atoms with Crippen LogP contribution in [0.1, 0.15) is 66.7 Å². The van der Waals surface area contributed by atoms with Gasteiger partial charge in [-0.2, -0.15) is 0 Å². The molecule has 0 amide bonds. The molecule has 2 atom stereocenters. The van der Waals surface area contributed by atoms with Gasteiger partial charge in [0.05, 0.1) is 0 Å². The molecule has 1 heteroatoms. The first-order chi connectivity index (χ1) is 8.04. The third kappa shape index (κ3) is 7.81. The summed E-state index contributed by atoms with van der Waals surface area (Å²) in [5.74, 6) is 2.59. The normalized spacial score (nSPS) is 15.5. The standard InChI is InChI=1S/C16H35N/c1-7-10-11-15(8-2)12-17(6)13-16(9-3)14(4)5/h14-16H,7-13H2,1-6H3. The van der Waals surface area contributed by atoms with Gasteiger partial charge < -0.3 is 4.90 Å². The molecule has 104 valence electrons. The van der Waals surface area contributed by atoms with Crippen molar-refractivity contribution in [2.75, 3.05) is 20.1 Å². The van der Waals surface area contributed by atoms with Crippen molar-refractivity contribution in [3.05, 3.63) is 0 Å². The molecule has 0 aliphatic rings. The van der Waals surface area contributed by atoms with Crippen molar-refractivity contribution in [2.45, 2.75) is 66.7 Å². The van der Waals surface area contributed by atoms with Gasteiger partial charge in [0.15, 0.2) is 0 Å². The van der Waals surface area contributed by atoms with Crippen LogP contribution in [0.25, 0.3) is 0 Å². The Morgan fingerprint density at radius 2 is 1.59 bits per heavy atom. The van der Waals surface area contributed by atoms with Gasteiger partial charge in [0.25, 0.3) is 0 Å². The fourth-order valence-electron chi connectivity index (χ4n) is 2.64. The average Bonchev–Trinajstić information content (AvgIpc) is 2.30. The van der Waals surface area contributed by atoms with Crippen LogP contribution in [0, 0.1) is 17.8 Å². The number of unbranched alkanes of at least 4 members (excludes halogenated alkanes) is 1. The van der Waals surface area contributed by atoms with Crippen molar-refractivity contribution >= 4 is 0 Å². The number of hydrogen-bond donors (Lipinski definition) is 0. The van der Waals surface area contributed by atoms with E-state index in [9.17, 15) is 0 Å². The first-order valence-electron chi connectivity index (χ1n) is 7.73. The zero-order chi connectivity index (χ0) is 13.3. The fraction of sp³-hybridized carbons (Fsp3) is 1.00. The summed E-state index contributed by atoms with van der Waals surface area (Å²) >= 11 is 0. The van der Waals surface area contributed by atoms with E-state index < -0.39 is 0 Å². The molecule has 0 saturated heterocycles. The third-order valence-corrected chi connectivity index (χ3v) is 4.13. The molecule has 0 bridgehead atoms. The van der Waals surface area contributed by atoms with Crippen LogP contribution in [-0.4, -0.2) is 25.0 Å². The van der Waals surface area contributed by atoms with Crippen molar-refractivity contribution in [3.63, 3.8) is 0 Å². The monoisotopic (exact) mass is 241 g/mol. The minimum absolute atomic E-state index is 0.818. The van der Waals surface area contributed by atoms with Crippen molar-refractivity contribution < 1.29 is 0 Å². The second-order valence-corrected chi connectivity index (χ2v) is 6.05. The van der Waals surface area contributed by atoms with E-state index in [0.29, 0.717) is 0 Å². The quantitative estimate of drug-likeness (QED) is 0.530. The zero-order valence-corrected chi connectivity index (χ0v) is 13.1. The number of nitrogens with zero attached hydrogens (tertiary/aromatic N) is 1. The van der Waals surface area contributed by atoms with Crippen molar-refractivity contribution in [1.29, 1.82) is 0 Å². The first kappa shape index (κ1) is 17.0. The molecular weight excluding hydrogens is 206 g/mol. The molecule has 0 aliphatic carbocycles. The van der Waals surface area contributed by atoms with Gasteiger partial charge >= 0.3 is 0 Å². The Labute approximate surface area is 110 Å². The van der Waals surface area contributed by atoms with E-state index >= 15 is 0 Å². The highest BCUT2D eigenvalue weighted by molar-refractivity contribution is 4.68. The van der Waals surface area contributed by atoms with Gasteiger partial charge in [0.1, 0.15) is 0 Å². The molecule has 0 saturated carbocycles. The SMILES string of the molecule is CCCCC(CC)CN(C)CC(CC)C(C)C. The largest absolute Gasteiger partial charge is 0.306 e. The molecule has 0 fully saturated rings. The van der Waals surface area contributed by atoms with Crippen LogP contribution in [0.2, 0.25) is 0 Å².